The van der Waals surface area contributed by atoms with Crippen molar-refractivity contribution in [2.24, 2.45) is 11.8 Å². The zero-order valence-electron chi connectivity index (χ0n) is 14.1. The number of carbonyl (C=O) groups is 1. The van der Waals surface area contributed by atoms with Gasteiger partial charge in [-0.05, 0) is 30.5 Å². The third-order valence-electron chi connectivity index (χ3n) is 4.92. The van der Waals surface area contributed by atoms with Crippen LogP contribution in [0.15, 0.2) is 30.5 Å². The lowest BCUT2D eigenvalue weighted by Crippen LogP contribution is -2.37. The molecule has 0 saturated heterocycles. The van der Waals surface area contributed by atoms with E-state index in [0.29, 0.717) is 24.0 Å². The monoisotopic (exact) mass is 333 g/mol. The molecule has 1 aliphatic heterocycles. The lowest BCUT2D eigenvalue weighted by Gasteiger charge is -2.28. The van der Waals surface area contributed by atoms with Crippen LogP contribution in [0.2, 0.25) is 0 Å². The second kappa shape index (κ2) is 6.17. The summed E-state index contributed by atoms with van der Waals surface area (Å²) in [7, 11) is 0. The molecule has 6 nitrogen and oxygen atoms in total. The smallest absolute Gasteiger partial charge is 0.227 e. The second-order valence-corrected chi connectivity index (χ2v) is 6.81. The molecule has 1 N–H and O–H groups in total. The van der Waals surface area contributed by atoms with Crippen LogP contribution in [0.25, 0.3) is 0 Å². The molecule has 2 aliphatic rings. The Balaban J connectivity index is 1.48. The fourth-order valence-corrected chi connectivity index (χ4v) is 3.26. The van der Waals surface area contributed by atoms with Crippen molar-refractivity contribution in [2.45, 2.75) is 26.3 Å². The molecule has 126 valence electrons. The van der Waals surface area contributed by atoms with Crippen LogP contribution < -0.4 is 5.32 Å². The number of fused-ring (bicyclic) bond motifs is 1. The van der Waals surface area contributed by atoms with Gasteiger partial charge >= 0.3 is 0 Å². The number of nitriles is 1. The molecule has 2 aromatic rings. The van der Waals surface area contributed by atoms with E-state index in [1.807, 2.05) is 17.0 Å². The molecule has 1 aliphatic carbocycles. The van der Waals surface area contributed by atoms with Gasteiger partial charge in [0.15, 0.2) is 0 Å². The van der Waals surface area contributed by atoms with Gasteiger partial charge in [0, 0.05) is 42.9 Å². The molecule has 2 atom stereocenters. The van der Waals surface area contributed by atoms with Crippen molar-refractivity contribution in [3.8, 4) is 6.07 Å². The number of anilines is 2. The Bertz CT molecular complexity index is 872. The van der Waals surface area contributed by atoms with Crippen molar-refractivity contribution in [1.82, 2.24) is 14.9 Å². The summed E-state index contributed by atoms with van der Waals surface area (Å²) in [4.78, 5) is 23.3. The van der Waals surface area contributed by atoms with Crippen LogP contribution in [0.3, 0.4) is 0 Å². The molecule has 0 bridgehead atoms. The van der Waals surface area contributed by atoms with Gasteiger partial charge < -0.3 is 10.2 Å². The molecule has 1 fully saturated rings. The van der Waals surface area contributed by atoms with Crippen LogP contribution in [0.5, 0.6) is 0 Å². The Kier molecular flexibility index (Phi) is 3.85. The van der Waals surface area contributed by atoms with E-state index in [9.17, 15) is 4.79 Å². The average molecular weight is 333 g/mol. The fraction of sp³-hybridized carbons (Fsp3) is 0.368. The molecule has 1 amide bonds. The van der Waals surface area contributed by atoms with E-state index in [4.69, 9.17) is 5.26 Å². The van der Waals surface area contributed by atoms with Gasteiger partial charge in [-0.2, -0.15) is 5.26 Å². The molecule has 25 heavy (non-hydrogen) atoms. The minimum absolute atomic E-state index is 0.218. The van der Waals surface area contributed by atoms with Crippen LogP contribution in [-0.4, -0.2) is 27.3 Å². The molecule has 2 unspecified atom stereocenters. The minimum atomic E-state index is 0.218. The van der Waals surface area contributed by atoms with Crippen LogP contribution in [0.4, 0.5) is 11.6 Å². The fourth-order valence-electron chi connectivity index (χ4n) is 3.26. The number of nitrogens with zero attached hydrogens (tertiary/aromatic N) is 4. The topological polar surface area (TPSA) is 81.9 Å². The van der Waals surface area contributed by atoms with Crippen LogP contribution in [-0.2, 0) is 17.8 Å². The van der Waals surface area contributed by atoms with Crippen molar-refractivity contribution in [2.75, 3.05) is 11.9 Å². The first-order valence-corrected chi connectivity index (χ1v) is 8.55. The maximum Gasteiger partial charge on any atom is 0.227 e. The minimum Gasteiger partial charge on any atom is -0.338 e. The van der Waals surface area contributed by atoms with E-state index in [-0.39, 0.29) is 11.8 Å². The van der Waals surface area contributed by atoms with Crippen molar-refractivity contribution in [3.63, 3.8) is 0 Å². The normalized spacial score (nSPS) is 21.2. The molecule has 1 saturated carbocycles. The van der Waals surface area contributed by atoms with Gasteiger partial charge in [-0.3, -0.25) is 4.79 Å². The molecular formula is C19H19N5O. The lowest BCUT2D eigenvalue weighted by molar-refractivity contribution is -0.133. The zero-order valence-corrected chi connectivity index (χ0v) is 14.1. The highest BCUT2D eigenvalue weighted by molar-refractivity contribution is 5.81. The van der Waals surface area contributed by atoms with Crippen molar-refractivity contribution in [1.29, 1.82) is 5.26 Å². The molecule has 1 aromatic carbocycles. The third kappa shape index (κ3) is 3.18. The predicted octanol–water partition coefficient (Wildman–Crippen LogP) is 2.63. The van der Waals surface area contributed by atoms with E-state index in [1.54, 1.807) is 18.3 Å². The van der Waals surface area contributed by atoms with Crippen molar-refractivity contribution < 1.29 is 4.79 Å². The molecule has 6 heteroatoms. The highest BCUT2D eigenvalue weighted by Gasteiger charge is 2.42. The molecule has 2 heterocycles. The predicted molar refractivity (Wildman–Crippen MR) is 92.9 cm³/mol. The molecular weight excluding hydrogens is 314 g/mol. The summed E-state index contributed by atoms with van der Waals surface area (Å²) >= 11 is 0. The lowest BCUT2D eigenvalue weighted by atomic mass is 10.1. The number of amides is 1. The Morgan fingerprint density at radius 2 is 2.28 bits per heavy atom. The van der Waals surface area contributed by atoms with Gasteiger partial charge in [-0.25, -0.2) is 9.97 Å². The number of aromatic nitrogens is 2. The van der Waals surface area contributed by atoms with Gasteiger partial charge in [-0.15, -0.1) is 0 Å². The highest BCUT2D eigenvalue weighted by atomic mass is 16.2. The Morgan fingerprint density at radius 3 is 3.04 bits per heavy atom. The maximum absolute atomic E-state index is 12.4. The zero-order chi connectivity index (χ0) is 17.4. The van der Waals surface area contributed by atoms with Crippen LogP contribution >= 0.6 is 0 Å². The Morgan fingerprint density at radius 1 is 1.44 bits per heavy atom. The molecule has 0 radical (unpaired) electrons. The number of rotatable bonds is 3. The molecule has 0 spiro atoms. The summed E-state index contributed by atoms with van der Waals surface area (Å²) in [5.74, 6) is 1.54. The number of hydrogen-bond donors (Lipinski definition) is 1. The van der Waals surface area contributed by atoms with E-state index in [2.05, 4.69) is 28.3 Å². The summed E-state index contributed by atoms with van der Waals surface area (Å²) in [5, 5.41) is 12.1. The van der Waals surface area contributed by atoms with Gasteiger partial charge in [0.2, 0.25) is 11.9 Å². The maximum atomic E-state index is 12.4. The third-order valence-corrected chi connectivity index (χ3v) is 4.92. The number of nitrogens with one attached hydrogen (secondary N) is 1. The first-order valence-electron chi connectivity index (χ1n) is 8.55. The summed E-state index contributed by atoms with van der Waals surface area (Å²) in [6, 6.07) is 9.33. The van der Waals surface area contributed by atoms with Crippen LogP contribution in [0.1, 0.15) is 30.2 Å². The van der Waals surface area contributed by atoms with E-state index in [0.717, 1.165) is 36.3 Å². The summed E-state index contributed by atoms with van der Waals surface area (Å²) in [6.07, 6.45) is 3.56. The van der Waals surface area contributed by atoms with E-state index < -0.39 is 0 Å². The van der Waals surface area contributed by atoms with Crippen molar-refractivity contribution in [3.05, 3.63) is 47.3 Å². The number of benzene rings is 1. The van der Waals surface area contributed by atoms with Gasteiger partial charge in [0.25, 0.3) is 0 Å². The van der Waals surface area contributed by atoms with Gasteiger partial charge in [0.1, 0.15) is 0 Å². The first-order chi connectivity index (χ1) is 12.1. The van der Waals surface area contributed by atoms with Crippen LogP contribution in [0, 0.1) is 23.2 Å². The first kappa shape index (κ1) is 15.6. The largest absolute Gasteiger partial charge is 0.338 e. The SMILES string of the molecule is CC1CC1C(=O)N1CCc2nc(Nc3cccc(C#N)c3)ncc2C1. The van der Waals surface area contributed by atoms with E-state index in [1.165, 1.54) is 0 Å². The van der Waals surface area contributed by atoms with Crippen molar-refractivity contribution >= 4 is 17.5 Å². The average Bonchev–Trinajstić information content (AvgIpc) is 3.37. The standard InChI is InChI=1S/C19H19N5O/c1-12-7-16(12)18(25)24-6-5-17-14(11-24)10-21-19(23-17)22-15-4-2-3-13(8-15)9-20/h2-4,8,10,12,16H,5-7,11H2,1H3,(H,21,22,23). The van der Waals surface area contributed by atoms with Gasteiger partial charge in [0.05, 0.1) is 17.3 Å². The molecule has 4 rings (SSSR count). The summed E-state index contributed by atoms with van der Waals surface area (Å²) < 4.78 is 0. The second-order valence-electron chi connectivity index (χ2n) is 6.81. The number of carbonyl (C=O) groups excluding carboxylic acids is 1. The number of hydrogen-bond acceptors (Lipinski definition) is 5. The van der Waals surface area contributed by atoms with Gasteiger partial charge in [-0.1, -0.05) is 13.0 Å². The summed E-state index contributed by atoms with van der Waals surface area (Å²) in [6.45, 7) is 3.44. The summed E-state index contributed by atoms with van der Waals surface area (Å²) in [5.41, 5.74) is 3.38. The quantitative estimate of drug-likeness (QED) is 0.934. The molecule has 1 aromatic heterocycles. The Labute approximate surface area is 146 Å². The highest BCUT2D eigenvalue weighted by Crippen LogP contribution is 2.39. The Hall–Kier alpha value is -2.94. The van der Waals surface area contributed by atoms with E-state index >= 15 is 0 Å².